The number of nitrogens with zero attached hydrogens (tertiary/aromatic N) is 1. The van der Waals surface area contributed by atoms with Crippen molar-refractivity contribution in [2.75, 3.05) is 33.8 Å². The molecule has 0 aliphatic rings. The van der Waals surface area contributed by atoms with E-state index in [9.17, 15) is 4.79 Å². The zero-order valence-corrected chi connectivity index (χ0v) is 31.6. The molecule has 0 atom stereocenters. The molecule has 0 spiro atoms. The number of carbonyl (C=O) groups excluding carboxylic acids is 1. The molecule has 0 aliphatic carbocycles. The Hall–Kier alpha value is -0.280. The van der Waals surface area contributed by atoms with Crippen molar-refractivity contribution in [3.05, 3.63) is 0 Å². The van der Waals surface area contributed by atoms with Crippen LogP contribution in [0.25, 0.3) is 0 Å². The topological polar surface area (TPSA) is 26.3 Å². The number of unbranched alkanes of at least 4 members (excludes halogenated alkanes) is 29. The SMILES string of the molecule is CCCCCCCCCCCCCCCCCC[N+](C)(C)CCOC(=O)CCCCCCCCCCCCCCCCC.[Cl-]. The standard InChI is InChI=1S/C40H82NO2.ClH/c1-5-7-9-11-13-15-17-19-21-23-25-27-29-31-33-35-37-41(3,4)38-39-43-40(42)36-34-32-30-28-26-24-22-20-18-16-14-12-10-8-6-2;/h5-39H2,1-4H3;1H/q+1;/p-1. The predicted octanol–water partition coefficient (Wildman–Crippen LogP) is 10.1. The van der Waals surface area contributed by atoms with E-state index < -0.39 is 0 Å². The van der Waals surface area contributed by atoms with Crippen LogP contribution in [0.4, 0.5) is 0 Å². The second-order valence-corrected chi connectivity index (χ2v) is 14.6. The molecule has 0 saturated carbocycles. The van der Waals surface area contributed by atoms with Gasteiger partial charge in [0.15, 0.2) is 0 Å². The molecule has 4 heteroatoms. The number of halogens is 1. The largest absolute Gasteiger partial charge is 1.00 e. The molecule has 0 aromatic heterocycles. The maximum atomic E-state index is 12.2. The summed E-state index contributed by atoms with van der Waals surface area (Å²) in [6.45, 7) is 7.28. The van der Waals surface area contributed by atoms with Gasteiger partial charge in [-0.1, -0.05) is 194 Å². The average molecular weight is 645 g/mol. The highest BCUT2D eigenvalue weighted by Crippen LogP contribution is 2.16. The first kappa shape index (κ1) is 45.8. The maximum Gasteiger partial charge on any atom is 0.305 e. The highest BCUT2D eigenvalue weighted by atomic mass is 35.5. The minimum atomic E-state index is 0. The lowest BCUT2D eigenvalue weighted by Crippen LogP contribution is -3.00. The van der Waals surface area contributed by atoms with Gasteiger partial charge in [-0.15, -0.1) is 0 Å². The minimum Gasteiger partial charge on any atom is -1.00 e. The van der Waals surface area contributed by atoms with Gasteiger partial charge in [-0.3, -0.25) is 4.79 Å². The molecule has 0 aromatic carbocycles. The number of rotatable bonds is 36. The van der Waals surface area contributed by atoms with Crippen LogP contribution in [0.3, 0.4) is 0 Å². The summed E-state index contributed by atoms with van der Waals surface area (Å²) >= 11 is 0. The van der Waals surface area contributed by atoms with Crippen LogP contribution in [0, 0.1) is 0 Å². The lowest BCUT2D eigenvalue weighted by atomic mass is 10.0. The summed E-state index contributed by atoms with van der Waals surface area (Å²) in [5, 5.41) is 0. The third kappa shape index (κ3) is 37.9. The van der Waals surface area contributed by atoms with Crippen LogP contribution in [-0.4, -0.2) is 44.2 Å². The number of hydrogen-bond donors (Lipinski definition) is 0. The van der Waals surface area contributed by atoms with Crippen LogP contribution < -0.4 is 12.4 Å². The number of ether oxygens (including phenoxy) is 1. The first-order valence-corrected chi connectivity index (χ1v) is 20.0. The van der Waals surface area contributed by atoms with Crippen molar-refractivity contribution in [2.24, 2.45) is 0 Å². The molecule has 44 heavy (non-hydrogen) atoms. The summed E-state index contributed by atoms with van der Waals surface area (Å²) < 4.78 is 6.54. The summed E-state index contributed by atoms with van der Waals surface area (Å²) in [6.07, 6.45) is 43.6. The van der Waals surface area contributed by atoms with Gasteiger partial charge >= 0.3 is 5.97 Å². The quantitative estimate of drug-likeness (QED) is 0.0386. The Bertz CT molecular complexity index is 553. The van der Waals surface area contributed by atoms with Crippen LogP contribution >= 0.6 is 0 Å². The van der Waals surface area contributed by atoms with Crippen LogP contribution in [0.2, 0.25) is 0 Å². The van der Waals surface area contributed by atoms with Crippen molar-refractivity contribution >= 4 is 5.97 Å². The highest BCUT2D eigenvalue weighted by Gasteiger charge is 2.15. The van der Waals surface area contributed by atoms with E-state index in [0.29, 0.717) is 13.0 Å². The Morgan fingerprint density at radius 2 is 0.682 bits per heavy atom. The number of esters is 1. The third-order valence-electron chi connectivity index (χ3n) is 9.56. The zero-order chi connectivity index (χ0) is 31.5. The molecule has 0 amide bonds. The Labute approximate surface area is 284 Å². The minimum absolute atomic E-state index is 0. The normalized spacial score (nSPS) is 11.5. The van der Waals surface area contributed by atoms with E-state index in [-0.39, 0.29) is 18.4 Å². The first-order valence-electron chi connectivity index (χ1n) is 20.0. The zero-order valence-electron chi connectivity index (χ0n) is 30.9. The molecular weight excluding hydrogens is 562 g/mol. The van der Waals surface area contributed by atoms with E-state index in [4.69, 9.17) is 4.74 Å². The van der Waals surface area contributed by atoms with Crippen molar-refractivity contribution in [1.82, 2.24) is 0 Å². The van der Waals surface area contributed by atoms with E-state index in [1.807, 2.05) is 0 Å². The van der Waals surface area contributed by atoms with E-state index in [2.05, 4.69) is 27.9 Å². The maximum absolute atomic E-state index is 12.2. The van der Waals surface area contributed by atoms with Gasteiger partial charge < -0.3 is 21.6 Å². The molecule has 0 aliphatic heterocycles. The van der Waals surface area contributed by atoms with Gasteiger partial charge in [-0.25, -0.2) is 0 Å². The van der Waals surface area contributed by atoms with Gasteiger partial charge in [0.25, 0.3) is 0 Å². The van der Waals surface area contributed by atoms with Crippen molar-refractivity contribution in [3.8, 4) is 0 Å². The van der Waals surface area contributed by atoms with E-state index in [0.717, 1.165) is 17.4 Å². The molecule has 0 heterocycles. The second kappa shape index (κ2) is 37.2. The van der Waals surface area contributed by atoms with Crippen molar-refractivity contribution in [3.63, 3.8) is 0 Å². The van der Waals surface area contributed by atoms with Crippen LogP contribution in [0.1, 0.15) is 219 Å². The average Bonchev–Trinajstić information content (AvgIpc) is 2.98. The Balaban J connectivity index is 0. The molecule has 266 valence electrons. The molecule has 0 bridgehead atoms. The molecule has 0 saturated heterocycles. The second-order valence-electron chi connectivity index (χ2n) is 14.6. The number of hydrogen-bond acceptors (Lipinski definition) is 2. The lowest BCUT2D eigenvalue weighted by Gasteiger charge is -2.29. The molecule has 0 aromatic rings. The summed E-state index contributed by atoms with van der Waals surface area (Å²) in [5.41, 5.74) is 0. The Morgan fingerprint density at radius 3 is 1.00 bits per heavy atom. The molecule has 3 nitrogen and oxygen atoms in total. The van der Waals surface area contributed by atoms with Gasteiger partial charge in [0.05, 0.1) is 20.6 Å². The van der Waals surface area contributed by atoms with Gasteiger partial charge in [-0.05, 0) is 19.3 Å². The van der Waals surface area contributed by atoms with Gasteiger partial charge in [0.1, 0.15) is 13.2 Å². The number of likely N-dealkylation sites (N-methyl/N-ethyl adjacent to an activating group) is 1. The number of quaternary nitrogens is 1. The molecule has 0 N–H and O–H groups in total. The van der Waals surface area contributed by atoms with Crippen molar-refractivity contribution in [2.45, 2.75) is 219 Å². The van der Waals surface area contributed by atoms with Crippen molar-refractivity contribution in [1.29, 1.82) is 0 Å². The fraction of sp³-hybridized carbons (Fsp3) is 0.975. The molecule has 0 radical (unpaired) electrons. The fourth-order valence-electron chi connectivity index (χ4n) is 6.32. The van der Waals surface area contributed by atoms with Crippen molar-refractivity contribution < 1.29 is 26.4 Å². The summed E-state index contributed by atoms with van der Waals surface area (Å²) in [6, 6.07) is 0. The van der Waals surface area contributed by atoms with Gasteiger partial charge in [0.2, 0.25) is 0 Å². The van der Waals surface area contributed by atoms with E-state index in [1.165, 1.54) is 199 Å². The first-order chi connectivity index (χ1) is 21.0. The van der Waals surface area contributed by atoms with Crippen LogP contribution in [0.15, 0.2) is 0 Å². The predicted molar refractivity (Wildman–Crippen MR) is 192 cm³/mol. The third-order valence-corrected chi connectivity index (χ3v) is 9.56. The number of carbonyl (C=O) groups is 1. The van der Waals surface area contributed by atoms with E-state index in [1.54, 1.807) is 0 Å². The smallest absolute Gasteiger partial charge is 0.305 e. The summed E-state index contributed by atoms with van der Waals surface area (Å²) in [4.78, 5) is 12.2. The molecule has 0 rings (SSSR count). The highest BCUT2D eigenvalue weighted by molar-refractivity contribution is 5.69. The van der Waals surface area contributed by atoms with Gasteiger partial charge in [-0.2, -0.15) is 0 Å². The van der Waals surface area contributed by atoms with E-state index >= 15 is 0 Å². The Morgan fingerprint density at radius 1 is 0.409 bits per heavy atom. The van der Waals surface area contributed by atoms with Gasteiger partial charge in [0, 0.05) is 6.42 Å². The fourth-order valence-corrected chi connectivity index (χ4v) is 6.32. The Kier molecular flexibility index (Phi) is 38.7. The molecular formula is C40H82ClNO2. The lowest BCUT2D eigenvalue weighted by molar-refractivity contribution is -0.890. The van der Waals surface area contributed by atoms with Crippen LogP contribution in [0.5, 0.6) is 0 Å². The molecule has 0 unspecified atom stereocenters. The van der Waals surface area contributed by atoms with Crippen LogP contribution in [-0.2, 0) is 9.53 Å². The summed E-state index contributed by atoms with van der Waals surface area (Å²) in [7, 11) is 4.57. The monoisotopic (exact) mass is 644 g/mol. The summed E-state index contributed by atoms with van der Waals surface area (Å²) in [5.74, 6) is 0.0112. The molecule has 0 fully saturated rings.